The second kappa shape index (κ2) is 7.33. The lowest BCUT2D eigenvalue weighted by molar-refractivity contribution is -0.123. The molecule has 3 rings (SSSR count). The quantitative estimate of drug-likeness (QED) is 0.565. The summed E-state index contributed by atoms with van der Waals surface area (Å²) in [5.74, 6) is -0.707. The number of aryl methyl sites for hydroxylation is 2. The number of hydrogen-bond donors (Lipinski definition) is 3. The smallest absolute Gasteiger partial charge is 0.257 e. The van der Waals surface area contributed by atoms with Crippen LogP contribution in [0.5, 0.6) is 0 Å². The first kappa shape index (κ1) is 18.2. The number of fused-ring (bicyclic) bond motifs is 1. The summed E-state index contributed by atoms with van der Waals surface area (Å²) in [6.07, 6.45) is -0.0886. The van der Waals surface area contributed by atoms with E-state index in [1.165, 1.54) is 11.8 Å². The maximum Gasteiger partial charge on any atom is 0.257 e. The van der Waals surface area contributed by atoms with Gasteiger partial charge in [0, 0.05) is 12.1 Å². The fourth-order valence-electron chi connectivity index (χ4n) is 2.83. The van der Waals surface area contributed by atoms with Crippen LogP contribution in [0.1, 0.15) is 36.0 Å². The molecule has 0 bridgehead atoms. The third-order valence-electron chi connectivity index (χ3n) is 4.30. The minimum atomic E-state index is -0.878. The number of carbonyl (C=O) groups is 2. The first-order valence-corrected chi connectivity index (χ1v) is 9.32. The standard InChI is InChI=1S/C18H20N4O3S/c1-4-26-18-21-15-14(17(25)22-18)12(8-13(23)20-15)16(24)19-11-6-5-9(2)10(3)7-11/h5-7,12H,4,8H2,1-3H3,(H,19,24)(H2,20,21,22,23,25)/t12-/m0/s1. The van der Waals surface area contributed by atoms with Gasteiger partial charge in [-0.05, 0) is 42.9 Å². The van der Waals surface area contributed by atoms with Gasteiger partial charge in [-0.1, -0.05) is 24.8 Å². The van der Waals surface area contributed by atoms with E-state index in [1.54, 1.807) is 6.07 Å². The highest BCUT2D eigenvalue weighted by molar-refractivity contribution is 7.99. The van der Waals surface area contributed by atoms with Crippen molar-refractivity contribution in [1.29, 1.82) is 0 Å². The number of carbonyl (C=O) groups excluding carboxylic acids is 2. The van der Waals surface area contributed by atoms with Gasteiger partial charge in [-0.15, -0.1) is 0 Å². The molecule has 2 heterocycles. The number of amides is 2. The zero-order valence-corrected chi connectivity index (χ0v) is 15.6. The number of nitrogens with zero attached hydrogens (tertiary/aromatic N) is 1. The van der Waals surface area contributed by atoms with Crippen molar-refractivity contribution in [2.75, 3.05) is 16.4 Å². The van der Waals surface area contributed by atoms with Crippen LogP contribution in [-0.2, 0) is 9.59 Å². The molecule has 2 aromatic rings. The first-order valence-electron chi connectivity index (χ1n) is 8.34. The molecule has 7 nitrogen and oxygen atoms in total. The lowest BCUT2D eigenvalue weighted by Crippen LogP contribution is -2.36. The van der Waals surface area contributed by atoms with Gasteiger partial charge in [0.2, 0.25) is 11.8 Å². The van der Waals surface area contributed by atoms with Crippen LogP contribution in [0.15, 0.2) is 28.2 Å². The van der Waals surface area contributed by atoms with E-state index in [2.05, 4.69) is 20.6 Å². The van der Waals surface area contributed by atoms with E-state index >= 15 is 0 Å². The summed E-state index contributed by atoms with van der Waals surface area (Å²) >= 11 is 1.36. The summed E-state index contributed by atoms with van der Waals surface area (Å²) in [6.45, 7) is 5.87. The van der Waals surface area contributed by atoms with E-state index in [0.717, 1.165) is 16.9 Å². The molecule has 1 aliphatic heterocycles. The molecule has 1 aliphatic rings. The fourth-order valence-corrected chi connectivity index (χ4v) is 3.42. The van der Waals surface area contributed by atoms with Gasteiger partial charge in [0.25, 0.3) is 5.56 Å². The zero-order chi connectivity index (χ0) is 18.8. The van der Waals surface area contributed by atoms with Gasteiger partial charge in [0.05, 0.1) is 11.5 Å². The average molecular weight is 372 g/mol. The van der Waals surface area contributed by atoms with E-state index in [1.807, 2.05) is 32.9 Å². The number of aromatic amines is 1. The molecule has 1 atom stereocenters. The molecule has 0 fully saturated rings. The number of aromatic nitrogens is 2. The summed E-state index contributed by atoms with van der Waals surface area (Å²) < 4.78 is 0. The molecule has 0 saturated carbocycles. The van der Waals surface area contributed by atoms with Crippen LogP contribution < -0.4 is 16.2 Å². The summed E-state index contributed by atoms with van der Waals surface area (Å²) in [5.41, 5.74) is 2.60. The number of rotatable bonds is 4. The van der Waals surface area contributed by atoms with Crippen molar-refractivity contribution < 1.29 is 9.59 Å². The van der Waals surface area contributed by atoms with Crippen molar-refractivity contribution in [3.8, 4) is 0 Å². The summed E-state index contributed by atoms with van der Waals surface area (Å²) in [7, 11) is 0. The van der Waals surface area contributed by atoms with E-state index < -0.39 is 17.4 Å². The Hall–Kier alpha value is -2.61. The van der Waals surface area contributed by atoms with Crippen LogP contribution in [0.4, 0.5) is 11.5 Å². The molecule has 26 heavy (non-hydrogen) atoms. The van der Waals surface area contributed by atoms with Crippen LogP contribution >= 0.6 is 11.8 Å². The predicted molar refractivity (Wildman–Crippen MR) is 102 cm³/mol. The van der Waals surface area contributed by atoms with Crippen molar-refractivity contribution in [3.05, 3.63) is 45.2 Å². The number of hydrogen-bond acceptors (Lipinski definition) is 5. The van der Waals surface area contributed by atoms with Gasteiger partial charge < -0.3 is 15.6 Å². The van der Waals surface area contributed by atoms with Gasteiger partial charge in [-0.2, -0.15) is 0 Å². The van der Waals surface area contributed by atoms with E-state index in [4.69, 9.17) is 0 Å². The lowest BCUT2D eigenvalue weighted by Gasteiger charge is -2.23. The molecular weight excluding hydrogens is 352 g/mol. The molecule has 2 amide bonds. The van der Waals surface area contributed by atoms with Crippen molar-refractivity contribution in [1.82, 2.24) is 9.97 Å². The van der Waals surface area contributed by atoms with Gasteiger partial charge >= 0.3 is 0 Å². The number of thioether (sulfide) groups is 1. The van der Waals surface area contributed by atoms with Crippen molar-refractivity contribution in [2.45, 2.75) is 38.3 Å². The number of nitrogens with one attached hydrogen (secondary N) is 3. The van der Waals surface area contributed by atoms with Crippen LogP contribution in [0.25, 0.3) is 0 Å². The molecule has 1 aromatic carbocycles. The highest BCUT2D eigenvalue weighted by Crippen LogP contribution is 2.30. The molecule has 1 aromatic heterocycles. The summed E-state index contributed by atoms with van der Waals surface area (Å²) in [6, 6.07) is 5.57. The van der Waals surface area contributed by atoms with Crippen molar-refractivity contribution in [2.24, 2.45) is 0 Å². The van der Waals surface area contributed by atoms with Crippen molar-refractivity contribution >= 4 is 35.1 Å². The Kier molecular flexibility index (Phi) is 5.13. The Morgan fingerprint density at radius 3 is 2.77 bits per heavy atom. The Bertz CT molecular complexity index is 939. The molecule has 0 spiro atoms. The predicted octanol–water partition coefficient (Wildman–Crippen LogP) is 2.56. The van der Waals surface area contributed by atoms with E-state index in [0.29, 0.717) is 10.8 Å². The second-order valence-corrected chi connectivity index (χ2v) is 7.41. The average Bonchev–Trinajstić information content (AvgIpc) is 2.57. The Morgan fingerprint density at radius 1 is 1.31 bits per heavy atom. The number of anilines is 2. The van der Waals surface area contributed by atoms with Crippen LogP contribution in [0.3, 0.4) is 0 Å². The minimum Gasteiger partial charge on any atom is -0.326 e. The maximum absolute atomic E-state index is 12.8. The number of benzene rings is 1. The molecule has 0 aliphatic carbocycles. The summed E-state index contributed by atoms with van der Waals surface area (Å²) in [4.78, 5) is 44.2. The van der Waals surface area contributed by atoms with Gasteiger partial charge in [-0.3, -0.25) is 14.4 Å². The van der Waals surface area contributed by atoms with Gasteiger partial charge in [0.1, 0.15) is 5.82 Å². The van der Waals surface area contributed by atoms with Crippen molar-refractivity contribution in [3.63, 3.8) is 0 Å². The normalized spacial score (nSPS) is 16.0. The third kappa shape index (κ3) is 3.65. The topological polar surface area (TPSA) is 104 Å². The van der Waals surface area contributed by atoms with Crippen LogP contribution in [-0.4, -0.2) is 27.5 Å². The molecule has 0 radical (unpaired) electrons. The molecule has 136 valence electrons. The largest absolute Gasteiger partial charge is 0.326 e. The first-order chi connectivity index (χ1) is 12.4. The van der Waals surface area contributed by atoms with Gasteiger partial charge in [-0.25, -0.2) is 4.98 Å². The Balaban J connectivity index is 1.93. The van der Waals surface area contributed by atoms with Crippen LogP contribution in [0, 0.1) is 13.8 Å². The summed E-state index contributed by atoms with van der Waals surface area (Å²) in [5, 5.41) is 5.83. The van der Waals surface area contributed by atoms with E-state index in [9.17, 15) is 14.4 Å². The third-order valence-corrected chi connectivity index (χ3v) is 5.06. The monoisotopic (exact) mass is 372 g/mol. The number of H-pyrrole nitrogens is 1. The Labute approximate surface area is 155 Å². The van der Waals surface area contributed by atoms with Gasteiger partial charge in [0.15, 0.2) is 5.16 Å². The van der Waals surface area contributed by atoms with E-state index in [-0.39, 0.29) is 23.7 Å². The molecule has 8 heteroatoms. The molecule has 0 unspecified atom stereocenters. The Morgan fingerprint density at radius 2 is 2.08 bits per heavy atom. The fraction of sp³-hybridized carbons (Fsp3) is 0.333. The second-order valence-electron chi connectivity index (χ2n) is 6.16. The molecular formula is C18H20N4O3S. The zero-order valence-electron chi connectivity index (χ0n) is 14.8. The maximum atomic E-state index is 12.8. The molecule has 3 N–H and O–H groups in total. The van der Waals surface area contributed by atoms with Crippen LogP contribution in [0.2, 0.25) is 0 Å². The highest BCUT2D eigenvalue weighted by Gasteiger charge is 2.34. The molecule has 0 saturated heterocycles. The minimum absolute atomic E-state index is 0.0886. The lowest BCUT2D eigenvalue weighted by atomic mass is 9.92. The highest BCUT2D eigenvalue weighted by atomic mass is 32.2. The SMILES string of the molecule is CCSc1nc2c(c(=O)[nH]1)[C@@H](C(=O)Nc1ccc(C)c(C)c1)CC(=O)N2.